The smallest absolute Gasteiger partial charge is 0.325 e. The van der Waals surface area contributed by atoms with Crippen molar-refractivity contribution in [2.75, 3.05) is 0 Å². The third-order valence-corrected chi connectivity index (χ3v) is 3.01. The average Bonchev–Trinajstić information content (AvgIpc) is 2.51. The summed E-state index contributed by atoms with van der Waals surface area (Å²) in [4.78, 5) is 22.2. The molecule has 0 aliphatic carbocycles. The number of hydrogen-bond acceptors (Lipinski definition) is 3. The van der Waals surface area contributed by atoms with E-state index in [2.05, 4.69) is 10.4 Å². The maximum atomic E-state index is 11.6. The Kier molecular flexibility index (Phi) is 4.47. The molecule has 1 aromatic rings. The molecular weight excluding hydrogens is 234 g/mol. The van der Waals surface area contributed by atoms with Crippen LogP contribution in [-0.2, 0) is 23.1 Å². The first-order valence-electron chi connectivity index (χ1n) is 5.84. The van der Waals surface area contributed by atoms with Gasteiger partial charge in [-0.05, 0) is 32.8 Å². The van der Waals surface area contributed by atoms with Crippen molar-refractivity contribution >= 4 is 11.9 Å². The highest BCUT2D eigenvalue weighted by Gasteiger charge is 2.15. The summed E-state index contributed by atoms with van der Waals surface area (Å²) in [5.74, 6) is -1.29. The van der Waals surface area contributed by atoms with Crippen LogP contribution in [0.5, 0.6) is 0 Å². The van der Waals surface area contributed by atoms with Crippen molar-refractivity contribution in [3.63, 3.8) is 0 Å². The molecule has 1 amide bonds. The van der Waals surface area contributed by atoms with Crippen LogP contribution >= 0.6 is 0 Å². The van der Waals surface area contributed by atoms with Crippen molar-refractivity contribution in [3.05, 3.63) is 17.0 Å². The van der Waals surface area contributed by atoms with E-state index in [1.165, 1.54) is 6.92 Å². The van der Waals surface area contributed by atoms with Gasteiger partial charge in [-0.15, -0.1) is 0 Å². The fourth-order valence-corrected chi connectivity index (χ4v) is 1.79. The number of nitrogens with zero attached hydrogens (tertiary/aromatic N) is 2. The van der Waals surface area contributed by atoms with Crippen LogP contribution in [-0.4, -0.2) is 32.8 Å². The highest BCUT2D eigenvalue weighted by Crippen LogP contribution is 2.13. The Morgan fingerprint density at radius 2 is 2.06 bits per heavy atom. The van der Waals surface area contributed by atoms with E-state index in [1.807, 2.05) is 20.9 Å². The number of aliphatic carboxylic acids is 1. The van der Waals surface area contributed by atoms with E-state index >= 15 is 0 Å². The Labute approximate surface area is 106 Å². The molecule has 100 valence electrons. The first kappa shape index (κ1) is 14.2. The Bertz CT molecular complexity index is 465. The van der Waals surface area contributed by atoms with Crippen LogP contribution in [0.4, 0.5) is 0 Å². The molecule has 0 spiro atoms. The van der Waals surface area contributed by atoms with Crippen LogP contribution in [0.15, 0.2) is 0 Å². The molecule has 6 nitrogen and oxygen atoms in total. The molecule has 0 aromatic carbocycles. The summed E-state index contributed by atoms with van der Waals surface area (Å²) in [6, 6.07) is -0.853. The Hall–Kier alpha value is -1.85. The average molecular weight is 253 g/mol. The molecule has 6 heteroatoms. The van der Waals surface area contributed by atoms with Crippen molar-refractivity contribution < 1.29 is 14.7 Å². The largest absolute Gasteiger partial charge is 0.480 e. The maximum Gasteiger partial charge on any atom is 0.325 e. The predicted molar refractivity (Wildman–Crippen MR) is 66.2 cm³/mol. The fraction of sp³-hybridized carbons (Fsp3) is 0.583. The quantitative estimate of drug-likeness (QED) is 0.803. The molecule has 1 atom stereocenters. The van der Waals surface area contributed by atoms with Gasteiger partial charge < -0.3 is 10.4 Å². The first-order chi connectivity index (χ1) is 8.32. The molecular formula is C12H19N3O3. The molecule has 1 rings (SSSR count). The second-order valence-electron chi connectivity index (χ2n) is 4.40. The van der Waals surface area contributed by atoms with Crippen LogP contribution in [0.2, 0.25) is 0 Å². The minimum atomic E-state index is -1.03. The third-order valence-electron chi connectivity index (χ3n) is 3.01. The van der Waals surface area contributed by atoms with E-state index < -0.39 is 12.0 Å². The summed E-state index contributed by atoms with van der Waals surface area (Å²) >= 11 is 0. The number of carbonyl (C=O) groups is 2. The second-order valence-corrected chi connectivity index (χ2v) is 4.40. The summed E-state index contributed by atoms with van der Waals surface area (Å²) in [6.45, 7) is 5.30. The molecule has 0 aliphatic heterocycles. The van der Waals surface area contributed by atoms with Crippen LogP contribution in [0.1, 0.15) is 30.3 Å². The summed E-state index contributed by atoms with van der Waals surface area (Å²) in [7, 11) is 1.86. The molecule has 0 saturated carbocycles. The molecule has 0 unspecified atom stereocenters. The lowest BCUT2D eigenvalue weighted by atomic mass is 10.1. The highest BCUT2D eigenvalue weighted by atomic mass is 16.4. The summed E-state index contributed by atoms with van der Waals surface area (Å²) in [6.07, 6.45) is 0.842. The minimum absolute atomic E-state index is 0.257. The SMILES string of the molecule is Cc1nn(C)c(C)c1CCC(=O)N[C@H](C)C(=O)O. The van der Waals surface area contributed by atoms with Gasteiger partial charge in [0.2, 0.25) is 5.91 Å². The summed E-state index contributed by atoms with van der Waals surface area (Å²) in [5.41, 5.74) is 3.00. The van der Waals surface area contributed by atoms with Crippen LogP contribution < -0.4 is 5.32 Å². The van der Waals surface area contributed by atoms with Crippen LogP contribution in [0, 0.1) is 13.8 Å². The molecule has 2 N–H and O–H groups in total. The molecule has 0 radical (unpaired) electrons. The Morgan fingerprint density at radius 3 is 2.50 bits per heavy atom. The van der Waals surface area contributed by atoms with Gasteiger partial charge in [0, 0.05) is 19.2 Å². The van der Waals surface area contributed by atoms with Gasteiger partial charge in [-0.1, -0.05) is 0 Å². The molecule has 0 fully saturated rings. The van der Waals surface area contributed by atoms with Gasteiger partial charge >= 0.3 is 5.97 Å². The number of hydrogen-bond donors (Lipinski definition) is 2. The van der Waals surface area contributed by atoms with E-state index in [4.69, 9.17) is 5.11 Å². The number of carboxylic acid groups (broad SMARTS) is 1. The van der Waals surface area contributed by atoms with Crippen molar-refractivity contribution in [1.29, 1.82) is 0 Å². The van der Waals surface area contributed by atoms with Crippen molar-refractivity contribution in [3.8, 4) is 0 Å². The first-order valence-corrected chi connectivity index (χ1v) is 5.84. The van der Waals surface area contributed by atoms with Gasteiger partial charge in [0.05, 0.1) is 5.69 Å². The zero-order valence-electron chi connectivity index (χ0n) is 11.1. The number of rotatable bonds is 5. The molecule has 0 bridgehead atoms. The van der Waals surface area contributed by atoms with Gasteiger partial charge in [-0.3, -0.25) is 14.3 Å². The normalized spacial score (nSPS) is 12.2. The van der Waals surface area contributed by atoms with Crippen LogP contribution in [0.3, 0.4) is 0 Å². The monoisotopic (exact) mass is 253 g/mol. The van der Waals surface area contributed by atoms with E-state index in [0.717, 1.165) is 17.0 Å². The van der Waals surface area contributed by atoms with Crippen LogP contribution in [0.25, 0.3) is 0 Å². The number of aromatic nitrogens is 2. The maximum absolute atomic E-state index is 11.6. The summed E-state index contributed by atoms with van der Waals surface area (Å²) < 4.78 is 1.78. The van der Waals surface area contributed by atoms with Gasteiger partial charge in [0.15, 0.2) is 0 Å². The summed E-state index contributed by atoms with van der Waals surface area (Å²) in [5, 5.41) is 15.4. The highest BCUT2D eigenvalue weighted by molar-refractivity contribution is 5.83. The lowest BCUT2D eigenvalue weighted by Crippen LogP contribution is -2.38. The van der Waals surface area contributed by atoms with Gasteiger partial charge in [0.25, 0.3) is 0 Å². The number of carbonyl (C=O) groups excluding carboxylic acids is 1. The minimum Gasteiger partial charge on any atom is -0.480 e. The molecule has 1 heterocycles. The number of amides is 1. The lowest BCUT2D eigenvalue weighted by Gasteiger charge is -2.09. The Balaban J connectivity index is 2.55. The van der Waals surface area contributed by atoms with Crippen molar-refractivity contribution in [2.45, 2.75) is 39.7 Å². The number of carboxylic acids is 1. The van der Waals surface area contributed by atoms with Crippen molar-refractivity contribution in [1.82, 2.24) is 15.1 Å². The second kappa shape index (κ2) is 5.66. The number of aryl methyl sites for hydroxylation is 2. The van der Waals surface area contributed by atoms with Gasteiger partial charge in [0.1, 0.15) is 6.04 Å². The van der Waals surface area contributed by atoms with E-state index in [1.54, 1.807) is 4.68 Å². The van der Waals surface area contributed by atoms with E-state index in [-0.39, 0.29) is 12.3 Å². The molecule has 0 aliphatic rings. The van der Waals surface area contributed by atoms with Gasteiger partial charge in [-0.2, -0.15) is 5.10 Å². The lowest BCUT2D eigenvalue weighted by molar-refractivity contribution is -0.141. The third kappa shape index (κ3) is 3.32. The molecule has 0 saturated heterocycles. The number of nitrogens with one attached hydrogen (secondary N) is 1. The van der Waals surface area contributed by atoms with Gasteiger partial charge in [-0.25, -0.2) is 0 Å². The molecule has 18 heavy (non-hydrogen) atoms. The molecule has 1 aromatic heterocycles. The van der Waals surface area contributed by atoms with E-state index in [0.29, 0.717) is 6.42 Å². The predicted octanol–water partition coefficient (Wildman–Crippen LogP) is 0.559. The zero-order valence-corrected chi connectivity index (χ0v) is 11.1. The Morgan fingerprint density at radius 1 is 1.44 bits per heavy atom. The fourth-order valence-electron chi connectivity index (χ4n) is 1.79. The topological polar surface area (TPSA) is 84.2 Å². The van der Waals surface area contributed by atoms with E-state index in [9.17, 15) is 9.59 Å². The van der Waals surface area contributed by atoms with Crippen molar-refractivity contribution in [2.24, 2.45) is 7.05 Å². The zero-order chi connectivity index (χ0) is 13.9. The standard InChI is InChI=1S/C12H19N3O3/c1-7-10(9(3)15(4)14-7)5-6-11(16)13-8(2)12(17)18/h8H,5-6H2,1-4H3,(H,13,16)(H,17,18)/t8-/m1/s1.